The van der Waals surface area contributed by atoms with Crippen LogP contribution in [0, 0.1) is 12.8 Å². The van der Waals surface area contributed by atoms with Crippen molar-refractivity contribution in [1.29, 1.82) is 0 Å². The number of likely N-dealkylation sites (tertiary alicyclic amines) is 1. The molecular weight excluding hydrogens is 370 g/mol. The summed E-state index contributed by atoms with van der Waals surface area (Å²) in [6.45, 7) is 4.65. The molecule has 3 rings (SSSR count). The lowest BCUT2D eigenvalue weighted by molar-refractivity contribution is -0.136. The number of amides is 2. The fourth-order valence-electron chi connectivity index (χ4n) is 3.47. The van der Waals surface area contributed by atoms with Gasteiger partial charge in [0, 0.05) is 6.42 Å². The van der Waals surface area contributed by atoms with Gasteiger partial charge in [-0.25, -0.2) is 18.6 Å². The first-order chi connectivity index (χ1) is 13.1. The van der Waals surface area contributed by atoms with Crippen LogP contribution in [0.4, 0.5) is 13.6 Å². The van der Waals surface area contributed by atoms with Crippen LogP contribution in [0.3, 0.4) is 0 Å². The summed E-state index contributed by atoms with van der Waals surface area (Å²) in [6, 6.07) is 3.68. The van der Waals surface area contributed by atoms with Crippen molar-refractivity contribution in [3.05, 3.63) is 29.6 Å². The van der Waals surface area contributed by atoms with Gasteiger partial charge in [-0.1, -0.05) is 19.9 Å². The molecular formula is C19H24F2N4O3. The van der Waals surface area contributed by atoms with E-state index in [4.69, 9.17) is 0 Å². The molecule has 2 unspecified atom stereocenters. The summed E-state index contributed by atoms with van der Waals surface area (Å²) >= 11 is 0. The molecule has 2 aromatic rings. The first kappa shape index (κ1) is 20.0. The van der Waals surface area contributed by atoms with Crippen LogP contribution in [-0.4, -0.2) is 52.5 Å². The number of ether oxygens (including phenoxy) is 1. The van der Waals surface area contributed by atoms with Gasteiger partial charge < -0.3 is 19.9 Å². The number of H-pyrrole nitrogens is 1. The number of methoxy groups -OCH3 is 1. The van der Waals surface area contributed by atoms with E-state index < -0.39 is 43.0 Å². The lowest BCUT2D eigenvalue weighted by Crippen LogP contribution is -2.51. The van der Waals surface area contributed by atoms with E-state index in [0.717, 1.165) is 16.0 Å². The van der Waals surface area contributed by atoms with Gasteiger partial charge in [-0.05, 0) is 30.5 Å². The minimum Gasteiger partial charge on any atom is -0.453 e. The average molecular weight is 394 g/mol. The Kier molecular flexibility index (Phi) is 5.27. The molecule has 1 aliphatic rings. The van der Waals surface area contributed by atoms with Gasteiger partial charge in [-0.3, -0.25) is 4.79 Å². The highest BCUT2D eigenvalue weighted by Gasteiger charge is 2.50. The van der Waals surface area contributed by atoms with E-state index in [2.05, 4.69) is 20.0 Å². The summed E-state index contributed by atoms with van der Waals surface area (Å²) in [6.07, 6.45) is -1.31. The predicted octanol–water partition coefficient (Wildman–Crippen LogP) is 3.16. The van der Waals surface area contributed by atoms with Crippen molar-refractivity contribution in [2.75, 3.05) is 13.7 Å². The van der Waals surface area contributed by atoms with Crippen molar-refractivity contribution in [2.45, 2.75) is 45.2 Å². The fourth-order valence-corrected chi connectivity index (χ4v) is 3.47. The standard InChI is InChI=1S/C19H24F2N4O3/c1-10(2)15(24-18(27)28-4)17(26)25-9-19(20,21)8-14(25)16-22-12-6-5-11(3)7-13(12)23-16/h5-7,10,14-15H,8-9H2,1-4H3,(H,22,23)(H,24,27). The molecule has 28 heavy (non-hydrogen) atoms. The molecule has 0 spiro atoms. The summed E-state index contributed by atoms with van der Waals surface area (Å²) in [5, 5.41) is 2.45. The first-order valence-electron chi connectivity index (χ1n) is 9.10. The molecule has 2 heterocycles. The Bertz CT molecular complexity index is 896. The lowest BCUT2D eigenvalue weighted by atomic mass is 10.0. The fraction of sp³-hybridized carbons (Fsp3) is 0.526. The zero-order valence-corrected chi connectivity index (χ0v) is 16.3. The van der Waals surface area contributed by atoms with Gasteiger partial charge in [-0.15, -0.1) is 0 Å². The third-order valence-electron chi connectivity index (χ3n) is 4.92. The highest BCUT2D eigenvalue weighted by Crippen LogP contribution is 2.41. The maximum atomic E-state index is 14.3. The second kappa shape index (κ2) is 7.37. The molecule has 152 valence electrons. The number of rotatable bonds is 4. The molecule has 2 amide bonds. The summed E-state index contributed by atoms with van der Waals surface area (Å²) in [7, 11) is 1.18. The summed E-state index contributed by atoms with van der Waals surface area (Å²) < 4.78 is 33.1. The van der Waals surface area contributed by atoms with Gasteiger partial charge >= 0.3 is 6.09 Å². The van der Waals surface area contributed by atoms with E-state index >= 15 is 0 Å². The summed E-state index contributed by atoms with van der Waals surface area (Å²) in [4.78, 5) is 33.3. The predicted molar refractivity (Wildman–Crippen MR) is 99.0 cm³/mol. The number of halogens is 2. The number of alkyl halides is 2. The number of nitrogens with one attached hydrogen (secondary N) is 2. The van der Waals surface area contributed by atoms with Crippen molar-refractivity contribution in [2.24, 2.45) is 5.92 Å². The van der Waals surface area contributed by atoms with Gasteiger partial charge in [0.15, 0.2) is 0 Å². The number of imidazole rings is 1. The maximum Gasteiger partial charge on any atom is 0.407 e. The molecule has 0 radical (unpaired) electrons. The van der Waals surface area contributed by atoms with Gasteiger partial charge in [0.1, 0.15) is 11.9 Å². The largest absolute Gasteiger partial charge is 0.453 e. The van der Waals surface area contributed by atoms with Gasteiger partial charge in [0.05, 0.1) is 30.7 Å². The molecule has 9 heteroatoms. The smallest absolute Gasteiger partial charge is 0.407 e. The van der Waals surface area contributed by atoms with Crippen LogP contribution in [0.15, 0.2) is 18.2 Å². The monoisotopic (exact) mass is 394 g/mol. The SMILES string of the molecule is COC(=O)NC(C(=O)N1CC(F)(F)CC1c1nc2ccc(C)cc2[nH]1)C(C)C. The topological polar surface area (TPSA) is 87.3 Å². The number of benzene rings is 1. The molecule has 0 saturated carbocycles. The second-order valence-corrected chi connectivity index (χ2v) is 7.54. The molecule has 1 aliphatic heterocycles. The van der Waals surface area contributed by atoms with E-state index in [1.807, 2.05) is 19.1 Å². The number of fused-ring (bicyclic) bond motifs is 1. The van der Waals surface area contributed by atoms with Crippen molar-refractivity contribution in [3.63, 3.8) is 0 Å². The minimum atomic E-state index is -3.04. The zero-order chi connectivity index (χ0) is 20.6. The van der Waals surface area contributed by atoms with E-state index in [1.54, 1.807) is 19.9 Å². The van der Waals surface area contributed by atoms with Crippen LogP contribution in [0.2, 0.25) is 0 Å². The molecule has 7 nitrogen and oxygen atoms in total. The lowest BCUT2D eigenvalue weighted by Gasteiger charge is -2.29. The third-order valence-corrected chi connectivity index (χ3v) is 4.92. The number of hydrogen-bond donors (Lipinski definition) is 2. The Hall–Kier alpha value is -2.71. The quantitative estimate of drug-likeness (QED) is 0.834. The molecule has 0 aliphatic carbocycles. The molecule has 1 aromatic heterocycles. The number of aromatic nitrogens is 2. The van der Waals surface area contributed by atoms with E-state index in [-0.39, 0.29) is 5.92 Å². The maximum absolute atomic E-state index is 14.3. The second-order valence-electron chi connectivity index (χ2n) is 7.54. The number of carbonyl (C=O) groups excluding carboxylic acids is 2. The number of aryl methyl sites for hydroxylation is 1. The highest BCUT2D eigenvalue weighted by atomic mass is 19.3. The molecule has 1 saturated heterocycles. The number of carbonyl (C=O) groups is 2. The number of nitrogens with zero attached hydrogens (tertiary/aromatic N) is 2. The molecule has 0 bridgehead atoms. The molecule has 2 atom stereocenters. The van der Waals surface area contributed by atoms with Crippen LogP contribution < -0.4 is 5.32 Å². The van der Waals surface area contributed by atoms with Gasteiger partial charge in [-0.2, -0.15) is 0 Å². The Morgan fingerprint density at radius 3 is 2.75 bits per heavy atom. The van der Waals surface area contributed by atoms with Gasteiger partial charge in [0.25, 0.3) is 5.92 Å². The molecule has 1 fully saturated rings. The number of hydrogen-bond acceptors (Lipinski definition) is 4. The Labute approximate surface area is 161 Å². The van der Waals surface area contributed by atoms with E-state index in [9.17, 15) is 18.4 Å². The Morgan fingerprint density at radius 2 is 2.11 bits per heavy atom. The highest BCUT2D eigenvalue weighted by molar-refractivity contribution is 5.86. The average Bonchev–Trinajstić information content (AvgIpc) is 3.18. The van der Waals surface area contributed by atoms with Crippen LogP contribution in [-0.2, 0) is 9.53 Å². The summed E-state index contributed by atoms with van der Waals surface area (Å²) in [5.41, 5.74) is 2.39. The van der Waals surface area contributed by atoms with Crippen LogP contribution in [0.5, 0.6) is 0 Å². The van der Waals surface area contributed by atoms with Crippen molar-refractivity contribution >= 4 is 23.0 Å². The van der Waals surface area contributed by atoms with Crippen LogP contribution >= 0.6 is 0 Å². The first-order valence-corrected chi connectivity index (χ1v) is 9.10. The number of aromatic amines is 1. The molecule has 2 N–H and O–H groups in total. The normalized spacial score (nSPS) is 19.8. The van der Waals surface area contributed by atoms with Crippen molar-refractivity contribution in [3.8, 4) is 0 Å². The summed E-state index contributed by atoms with van der Waals surface area (Å²) in [5.74, 6) is -3.62. The van der Waals surface area contributed by atoms with Crippen LogP contribution in [0.1, 0.15) is 37.7 Å². The third kappa shape index (κ3) is 3.93. The Balaban J connectivity index is 1.94. The number of alkyl carbamates (subject to hydrolysis) is 1. The zero-order valence-electron chi connectivity index (χ0n) is 16.3. The van der Waals surface area contributed by atoms with Crippen molar-refractivity contribution < 1.29 is 23.1 Å². The van der Waals surface area contributed by atoms with E-state index in [1.165, 1.54) is 7.11 Å². The van der Waals surface area contributed by atoms with Gasteiger partial charge in [0.2, 0.25) is 5.91 Å². The molecule has 1 aromatic carbocycles. The van der Waals surface area contributed by atoms with Crippen molar-refractivity contribution in [1.82, 2.24) is 20.2 Å². The minimum absolute atomic E-state index is 0.306. The van der Waals surface area contributed by atoms with E-state index in [0.29, 0.717) is 11.3 Å². The van der Waals surface area contributed by atoms with Crippen LogP contribution in [0.25, 0.3) is 11.0 Å². The Morgan fingerprint density at radius 1 is 1.39 bits per heavy atom.